The molecule has 0 saturated carbocycles. The van der Waals surface area contributed by atoms with Crippen molar-refractivity contribution in [3.8, 4) is 0 Å². The Bertz CT molecular complexity index is 418. The van der Waals surface area contributed by atoms with Gasteiger partial charge in [0.25, 0.3) is 5.56 Å². The van der Waals surface area contributed by atoms with Crippen LogP contribution in [0.5, 0.6) is 0 Å². The molecule has 0 bridgehead atoms. The monoisotopic (exact) mass is 288 g/mol. The highest BCUT2D eigenvalue weighted by molar-refractivity contribution is 9.10. The number of hydrogen-bond donors (Lipinski definition) is 3. The molecule has 0 aliphatic rings. The minimum Gasteiger partial charge on any atom is -0.383 e. The average Bonchev–Trinajstić information content (AvgIpc) is 2.23. The third kappa shape index (κ3) is 4.01. The van der Waals surface area contributed by atoms with E-state index < -0.39 is 0 Å². The highest BCUT2D eigenvalue weighted by Crippen LogP contribution is 2.15. The molecule has 0 aromatic carbocycles. The molecule has 0 saturated heterocycles. The van der Waals surface area contributed by atoms with Gasteiger partial charge in [-0.1, -0.05) is 0 Å². The number of nitrogens with zero attached hydrogens (tertiary/aromatic N) is 1. The largest absolute Gasteiger partial charge is 0.383 e. The van der Waals surface area contributed by atoms with Crippen molar-refractivity contribution in [3.63, 3.8) is 0 Å². The number of nitrogens with one attached hydrogen (secondary N) is 2. The zero-order valence-corrected chi connectivity index (χ0v) is 10.2. The number of carbonyl (C=O) groups excluding carboxylic acids is 1. The summed E-state index contributed by atoms with van der Waals surface area (Å²) in [6.45, 7) is 0.664. The van der Waals surface area contributed by atoms with Crippen molar-refractivity contribution in [2.24, 2.45) is 5.73 Å². The maximum absolute atomic E-state index is 11.2. The Hall–Kier alpha value is -1.37. The third-order valence-electron chi connectivity index (χ3n) is 1.96. The molecular weight excluding hydrogens is 276 g/mol. The lowest BCUT2D eigenvalue weighted by atomic mass is 10.2. The van der Waals surface area contributed by atoms with E-state index in [-0.39, 0.29) is 11.5 Å². The Morgan fingerprint density at radius 3 is 3.00 bits per heavy atom. The smallest absolute Gasteiger partial charge is 0.280 e. The molecule has 16 heavy (non-hydrogen) atoms. The number of carbonyl (C=O) groups is 1. The predicted octanol–water partition coefficient (Wildman–Crippen LogP) is 0.600. The first kappa shape index (κ1) is 12.7. The van der Waals surface area contributed by atoms with Crippen LogP contribution in [0.25, 0.3) is 0 Å². The molecule has 6 nitrogen and oxygen atoms in total. The molecular formula is C9H13BrN4O2. The molecule has 4 N–H and O–H groups in total. The van der Waals surface area contributed by atoms with Crippen molar-refractivity contribution in [1.29, 1.82) is 0 Å². The van der Waals surface area contributed by atoms with Crippen LogP contribution in [0.4, 0.5) is 5.69 Å². The number of aromatic amines is 1. The van der Waals surface area contributed by atoms with Gasteiger partial charge in [-0.15, -0.1) is 0 Å². The lowest BCUT2D eigenvalue weighted by Crippen LogP contribution is -2.13. The molecule has 88 valence electrons. The fourth-order valence-electron chi connectivity index (χ4n) is 1.15. The molecule has 7 heteroatoms. The fourth-order valence-corrected chi connectivity index (χ4v) is 1.49. The van der Waals surface area contributed by atoms with Crippen LogP contribution in [0.15, 0.2) is 15.5 Å². The first-order valence-electron chi connectivity index (χ1n) is 4.86. The molecule has 1 amide bonds. The van der Waals surface area contributed by atoms with Gasteiger partial charge in [-0.2, -0.15) is 5.10 Å². The van der Waals surface area contributed by atoms with E-state index in [0.717, 1.165) is 12.8 Å². The lowest BCUT2D eigenvalue weighted by Gasteiger charge is -2.06. The minimum atomic E-state index is -0.293. The Morgan fingerprint density at radius 1 is 1.56 bits per heavy atom. The standard InChI is InChI=1S/C9H13BrN4O2/c10-8-6(5-13-14-9(8)16)12-4-2-1-3-7(11)15/h5H,1-4H2,(H2,11,15)(H2,12,14,16). The topological polar surface area (TPSA) is 101 Å². The SMILES string of the molecule is NC(=O)CCCCNc1cn[nH]c(=O)c1Br. The Balaban J connectivity index is 2.35. The van der Waals surface area contributed by atoms with Crippen molar-refractivity contribution in [3.05, 3.63) is 21.0 Å². The molecule has 0 spiro atoms. The van der Waals surface area contributed by atoms with Gasteiger partial charge in [-0.3, -0.25) is 9.59 Å². The van der Waals surface area contributed by atoms with Crippen LogP contribution < -0.4 is 16.6 Å². The number of hydrogen-bond acceptors (Lipinski definition) is 4. The number of unbranched alkanes of at least 4 members (excludes halogenated alkanes) is 1. The van der Waals surface area contributed by atoms with Gasteiger partial charge in [-0.25, -0.2) is 5.10 Å². The normalized spacial score (nSPS) is 10.1. The van der Waals surface area contributed by atoms with E-state index in [1.54, 1.807) is 0 Å². The van der Waals surface area contributed by atoms with Crippen LogP contribution >= 0.6 is 15.9 Å². The summed E-state index contributed by atoms with van der Waals surface area (Å²) in [5.41, 5.74) is 5.37. The molecule has 0 atom stereocenters. The van der Waals surface area contributed by atoms with Gasteiger partial charge in [0, 0.05) is 13.0 Å². The second-order valence-corrected chi connectivity index (χ2v) is 4.07. The summed E-state index contributed by atoms with van der Waals surface area (Å²) in [7, 11) is 0. The number of aromatic nitrogens is 2. The summed E-state index contributed by atoms with van der Waals surface area (Å²) in [6.07, 6.45) is 3.45. The average molecular weight is 289 g/mol. The molecule has 0 radical (unpaired) electrons. The highest BCUT2D eigenvalue weighted by Gasteiger charge is 2.03. The van der Waals surface area contributed by atoms with Gasteiger partial charge in [0.2, 0.25) is 5.91 Å². The van der Waals surface area contributed by atoms with Crippen molar-refractivity contribution in [2.75, 3.05) is 11.9 Å². The number of rotatable bonds is 6. The quantitative estimate of drug-likeness (QED) is 0.667. The van der Waals surface area contributed by atoms with Crippen molar-refractivity contribution >= 4 is 27.5 Å². The van der Waals surface area contributed by atoms with E-state index in [9.17, 15) is 9.59 Å². The van der Waals surface area contributed by atoms with Crippen LogP contribution in [0.2, 0.25) is 0 Å². The third-order valence-corrected chi connectivity index (χ3v) is 2.75. The van der Waals surface area contributed by atoms with E-state index in [2.05, 4.69) is 31.4 Å². The molecule has 0 aliphatic heterocycles. The molecule has 1 heterocycles. The molecule has 1 rings (SSSR count). The van der Waals surface area contributed by atoms with Gasteiger partial charge < -0.3 is 11.1 Å². The number of anilines is 1. The summed E-state index contributed by atoms with van der Waals surface area (Å²) in [5, 5.41) is 9.02. The second-order valence-electron chi connectivity index (χ2n) is 3.28. The summed E-state index contributed by atoms with van der Waals surface area (Å²) in [5.74, 6) is -0.293. The Labute approximate surface area is 101 Å². The number of nitrogens with two attached hydrogens (primary N) is 1. The van der Waals surface area contributed by atoms with Crippen molar-refractivity contribution in [1.82, 2.24) is 10.2 Å². The van der Waals surface area contributed by atoms with E-state index in [4.69, 9.17) is 5.73 Å². The minimum absolute atomic E-state index is 0.276. The van der Waals surface area contributed by atoms with E-state index in [0.29, 0.717) is 23.1 Å². The Kier molecular flexibility index (Phi) is 4.97. The maximum atomic E-state index is 11.2. The van der Waals surface area contributed by atoms with E-state index in [1.807, 2.05) is 0 Å². The molecule has 0 unspecified atom stereocenters. The fraction of sp³-hybridized carbons (Fsp3) is 0.444. The maximum Gasteiger partial charge on any atom is 0.280 e. The lowest BCUT2D eigenvalue weighted by molar-refractivity contribution is -0.118. The molecule has 1 aromatic rings. The van der Waals surface area contributed by atoms with Gasteiger partial charge in [0.15, 0.2) is 0 Å². The summed E-state index contributed by atoms with van der Waals surface area (Å²) in [4.78, 5) is 21.6. The van der Waals surface area contributed by atoms with Gasteiger partial charge in [0.05, 0.1) is 11.9 Å². The molecule has 0 fully saturated rings. The van der Waals surface area contributed by atoms with Crippen molar-refractivity contribution < 1.29 is 4.79 Å². The van der Waals surface area contributed by atoms with E-state index in [1.165, 1.54) is 6.20 Å². The van der Waals surface area contributed by atoms with Gasteiger partial charge >= 0.3 is 0 Å². The summed E-state index contributed by atoms with van der Waals surface area (Å²) in [6, 6.07) is 0. The number of primary amides is 1. The second kappa shape index (κ2) is 6.26. The summed E-state index contributed by atoms with van der Waals surface area (Å²) < 4.78 is 0.428. The van der Waals surface area contributed by atoms with E-state index >= 15 is 0 Å². The van der Waals surface area contributed by atoms with Crippen molar-refractivity contribution in [2.45, 2.75) is 19.3 Å². The first-order valence-corrected chi connectivity index (χ1v) is 5.66. The highest BCUT2D eigenvalue weighted by atomic mass is 79.9. The molecule has 0 aliphatic carbocycles. The Morgan fingerprint density at radius 2 is 2.31 bits per heavy atom. The zero-order chi connectivity index (χ0) is 12.0. The summed E-state index contributed by atoms with van der Waals surface area (Å²) >= 11 is 3.15. The van der Waals surface area contributed by atoms with Crippen LogP contribution in [-0.4, -0.2) is 22.6 Å². The number of amides is 1. The number of H-pyrrole nitrogens is 1. The predicted molar refractivity (Wildman–Crippen MR) is 64.1 cm³/mol. The van der Waals surface area contributed by atoms with Gasteiger partial charge in [-0.05, 0) is 28.8 Å². The first-order chi connectivity index (χ1) is 7.61. The van der Waals surface area contributed by atoms with Gasteiger partial charge in [0.1, 0.15) is 4.47 Å². The van der Waals surface area contributed by atoms with Crippen LogP contribution in [0.1, 0.15) is 19.3 Å². The van der Waals surface area contributed by atoms with Crippen LogP contribution in [0.3, 0.4) is 0 Å². The van der Waals surface area contributed by atoms with Crippen LogP contribution in [0, 0.1) is 0 Å². The molecule has 1 aromatic heterocycles. The number of halogens is 1. The van der Waals surface area contributed by atoms with Crippen LogP contribution in [-0.2, 0) is 4.79 Å². The zero-order valence-electron chi connectivity index (χ0n) is 8.62.